The molecule has 1 heterocycles. The van der Waals surface area contributed by atoms with Gasteiger partial charge in [0, 0.05) is 12.0 Å². The fourth-order valence-corrected chi connectivity index (χ4v) is 2.91. The van der Waals surface area contributed by atoms with Crippen molar-refractivity contribution in [3.63, 3.8) is 0 Å². The molecular weight excluding hydrogens is 298 g/mol. The normalized spacial score (nSPS) is 21.8. The van der Waals surface area contributed by atoms with Crippen molar-refractivity contribution < 1.29 is 23.8 Å². The molecule has 0 aromatic heterocycles. The van der Waals surface area contributed by atoms with Crippen molar-refractivity contribution in [1.82, 2.24) is 5.32 Å². The van der Waals surface area contributed by atoms with Gasteiger partial charge >= 0.3 is 11.9 Å². The summed E-state index contributed by atoms with van der Waals surface area (Å²) in [4.78, 5) is 23.4. The van der Waals surface area contributed by atoms with E-state index in [1.54, 1.807) is 6.92 Å². The van der Waals surface area contributed by atoms with Gasteiger partial charge in [0.2, 0.25) is 6.79 Å². The third kappa shape index (κ3) is 3.31. The number of carbonyl (C=O) groups excluding carboxylic acids is 2. The molecule has 122 valence electrons. The third-order valence-corrected chi connectivity index (χ3v) is 4.03. The summed E-state index contributed by atoms with van der Waals surface area (Å²) in [5.74, 6) is -0.0167. The number of hydrogen-bond donors (Lipinski definition) is 1. The van der Waals surface area contributed by atoms with E-state index in [0.29, 0.717) is 12.2 Å². The molecule has 0 fully saturated rings. The number of carbonyl (C=O) groups is 2. The van der Waals surface area contributed by atoms with E-state index in [4.69, 9.17) is 14.2 Å². The van der Waals surface area contributed by atoms with Gasteiger partial charge in [-0.1, -0.05) is 18.2 Å². The van der Waals surface area contributed by atoms with Gasteiger partial charge in [0.05, 0.1) is 6.61 Å². The highest BCUT2D eigenvalue weighted by Crippen LogP contribution is 2.37. The third-order valence-electron chi connectivity index (χ3n) is 4.03. The Bertz CT molecular complexity index is 640. The predicted molar refractivity (Wildman–Crippen MR) is 82.2 cm³/mol. The van der Waals surface area contributed by atoms with Gasteiger partial charge in [-0.3, -0.25) is 4.79 Å². The minimum absolute atomic E-state index is 0.0767. The lowest BCUT2D eigenvalue weighted by Gasteiger charge is -2.29. The Hall–Kier alpha value is -2.50. The number of amides is 1. The first kappa shape index (κ1) is 15.4. The van der Waals surface area contributed by atoms with E-state index in [0.717, 1.165) is 17.7 Å². The van der Waals surface area contributed by atoms with E-state index in [9.17, 15) is 9.59 Å². The predicted octanol–water partition coefficient (Wildman–Crippen LogP) is 1.90. The molecule has 0 saturated carbocycles. The number of allylic oxidation sites excluding steroid dienone is 1. The van der Waals surface area contributed by atoms with Crippen LogP contribution in [0.1, 0.15) is 31.2 Å². The first-order valence-electron chi connectivity index (χ1n) is 7.71. The second kappa shape index (κ2) is 6.73. The minimum atomic E-state index is -0.841. The highest BCUT2D eigenvalue weighted by atomic mass is 16.7. The van der Waals surface area contributed by atoms with E-state index in [-0.39, 0.29) is 25.4 Å². The average Bonchev–Trinajstić information content (AvgIpc) is 3.03. The van der Waals surface area contributed by atoms with Crippen molar-refractivity contribution >= 4 is 11.9 Å². The SMILES string of the molecule is CCOC(=O)C(=O)N[C@H]1CC=CC[C@H]1c1ccc2c(c1)OCO2. The van der Waals surface area contributed by atoms with Gasteiger partial charge in [-0.25, -0.2) is 4.79 Å². The van der Waals surface area contributed by atoms with Gasteiger partial charge in [0.25, 0.3) is 0 Å². The minimum Gasteiger partial charge on any atom is -0.459 e. The standard InChI is InChI=1S/C17H19NO5/c1-2-21-17(20)16(19)18-13-6-4-3-5-12(13)11-7-8-14-15(9-11)23-10-22-14/h3-4,7-9,12-13H,2,5-6,10H2,1H3,(H,18,19)/t12-,13-/m0/s1. The van der Waals surface area contributed by atoms with E-state index in [1.165, 1.54) is 0 Å². The van der Waals surface area contributed by atoms with Gasteiger partial charge < -0.3 is 19.5 Å². The number of benzene rings is 1. The molecule has 6 heteroatoms. The summed E-state index contributed by atoms with van der Waals surface area (Å²) in [5.41, 5.74) is 1.05. The van der Waals surface area contributed by atoms with E-state index in [2.05, 4.69) is 11.4 Å². The molecule has 2 atom stereocenters. The lowest BCUT2D eigenvalue weighted by molar-refractivity contribution is -0.154. The zero-order valence-corrected chi connectivity index (χ0v) is 12.9. The number of rotatable bonds is 3. The summed E-state index contributed by atoms with van der Waals surface area (Å²) in [5, 5.41) is 2.78. The molecule has 0 bridgehead atoms. The van der Waals surface area contributed by atoms with Gasteiger partial charge in [-0.05, 0) is 37.5 Å². The Labute approximate surface area is 134 Å². The molecule has 6 nitrogen and oxygen atoms in total. The first-order chi connectivity index (χ1) is 11.2. The van der Waals surface area contributed by atoms with Crippen LogP contribution in [0.3, 0.4) is 0 Å². The maximum atomic E-state index is 11.9. The average molecular weight is 317 g/mol. The molecule has 3 rings (SSSR count). The van der Waals surface area contributed by atoms with Gasteiger partial charge in [0.15, 0.2) is 11.5 Å². The molecule has 0 saturated heterocycles. The number of esters is 1. The van der Waals surface area contributed by atoms with Crippen LogP contribution in [-0.2, 0) is 14.3 Å². The number of fused-ring (bicyclic) bond motifs is 1. The molecule has 23 heavy (non-hydrogen) atoms. The van der Waals surface area contributed by atoms with Crippen molar-refractivity contribution in [2.75, 3.05) is 13.4 Å². The Morgan fingerprint density at radius 2 is 2.00 bits per heavy atom. The van der Waals surface area contributed by atoms with Crippen LogP contribution < -0.4 is 14.8 Å². The fraction of sp³-hybridized carbons (Fsp3) is 0.412. The van der Waals surface area contributed by atoms with Gasteiger partial charge in [0.1, 0.15) is 0 Å². The molecule has 0 unspecified atom stereocenters. The molecule has 1 aromatic rings. The molecule has 2 aliphatic rings. The van der Waals surface area contributed by atoms with E-state index >= 15 is 0 Å². The van der Waals surface area contributed by atoms with E-state index < -0.39 is 11.9 Å². The maximum absolute atomic E-state index is 11.9. The largest absolute Gasteiger partial charge is 0.459 e. The van der Waals surface area contributed by atoms with Crippen molar-refractivity contribution in [1.29, 1.82) is 0 Å². The Kier molecular flexibility index (Phi) is 4.50. The molecule has 1 aliphatic heterocycles. The number of hydrogen-bond acceptors (Lipinski definition) is 5. The van der Waals surface area contributed by atoms with Crippen LogP contribution in [0.5, 0.6) is 11.5 Å². The second-order valence-electron chi connectivity index (χ2n) is 5.46. The summed E-state index contributed by atoms with van der Waals surface area (Å²) in [6.45, 7) is 2.08. The van der Waals surface area contributed by atoms with Crippen LogP contribution in [-0.4, -0.2) is 31.3 Å². The van der Waals surface area contributed by atoms with Crippen LogP contribution in [0, 0.1) is 0 Å². The van der Waals surface area contributed by atoms with Crippen LogP contribution in [0.15, 0.2) is 30.4 Å². The smallest absolute Gasteiger partial charge is 0.396 e. The molecule has 1 amide bonds. The lowest BCUT2D eigenvalue weighted by Crippen LogP contribution is -2.43. The first-order valence-corrected chi connectivity index (χ1v) is 7.71. The summed E-state index contributed by atoms with van der Waals surface area (Å²) < 4.78 is 15.5. The van der Waals surface area contributed by atoms with Gasteiger partial charge in [-0.2, -0.15) is 0 Å². The fourth-order valence-electron chi connectivity index (χ4n) is 2.91. The van der Waals surface area contributed by atoms with Crippen LogP contribution in [0.2, 0.25) is 0 Å². The number of ether oxygens (including phenoxy) is 3. The second-order valence-corrected chi connectivity index (χ2v) is 5.46. The molecule has 1 N–H and O–H groups in total. The Morgan fingerprint density at radius 3 is 2.83 bits per heavy atom. The number of nitrogens with one attached hydrogen (secondary N) is 1. The highest BCUT2D eigenvalue weighted by Gasteiger charge is 2.29. The van der Waals surface area contributed by atoms with Crippen molar-refractivity contribution in [3.05, 3.63) is 35.9 Å². The molecule has 0 spiro atoms. The Balaban J connectivity index is 1.75. The van der Waals surface area contributed by atoms with E-state index in [1.807, 2.05) is 24.3 Å². The van der Waals surface area contributed by atoms with Crippen LogP contribution in [0.25, 0.3) is 0 Å². The Morgan fingerprint density at radius 1 is 1.22 bits per heavy atom. The summed E-state index contributed by atoms with van der Waals surface area (Å²) in [6.07, 6.45) is 5.56. The summed E-state index contributed by atoms with van der Waals surface area (Å²) >= 11 is 0. The van der Waals surface area contributed by atoms with Crippen molar-refractivity contribution in [3.8, 4) is 11.5 Å². The lowest BCUT2D eigenvalue weighted by atomic mass is 9.83. The monoisotopic (exact) mass is 317 g/mol. The van der Waals surface area contributed by atoms with Crippen molar-refractivity contribution in [2.24, 2.45) is 0 Å². The highest BCUT2D eigenvalue weighted by molar-refractivity contribution is 6.32. The topological polar surface area (TPSA) is 73.9 Å². The zero-order valence-electron chi connectivity index (χ0n) is 12.9. The van der Waals surface area contributed by atoms with Crippen LogP contribution >= 0.6 is 0 Å². The summed E-state index contributed by atoms with van der Waals surface area (Å²) in [6, 6.07) is 5.63. The van der Waals surface area contributed by atoms with Crippen LogP contribution in [0.4, 0.5) is 0 Å². The van der Waals surface area contributed by atoms with Gasteiger partial charge in [-0.15, -0.1) is 0 Å². The quantitative estimate of drug-likeness (QED) is 0.523. The van der Waals surface area contributed by atoms with Crippen molar-refractivity contribution in [2.45, 2.75) is 31.7 Å². The summed E-state index contributed by atoms with van der Waals surface area (Å²) in [7, 11) is 0. The molecule has 1 aliphatic carbocycles. The zero-order chi connectivity index (χ0) is 16.2. The molecule has 1 aromatic carbocycles. The maximum Gasteiger partial charge on any atom is 0.396 e. The molecular formula is C17H19NO5. The molecule has 0 radical (unpaired) electrons.